The van der Waals surface area contributed by atoms with Gasteiger partial charge in [-0.15, -0.1) is 11.6 Å². The van der Waals surface area contributed by atoms with Gasteiger partial charge < -0.3 is 37.4 Å². The van der Waals surface area contributed by atoms with Gasteiger partial charge in [-0.1, -0.05) is 473 Å². The molecule has 0 saturated heterocycles. The van der Waals surface area contributed by atoms with Crippen LogP contribution in [-0.2, 0) is 0 Å². The second-order valence-corrected chi connectivity index (χ2v) is 36.6. The Hall–Kier alpha value is -19.5. The van der Waals surface area contributed by atoms with Crippen molar-refractivity contribution in [2.75, 3.05) is 0 Å². The number of fused-ring (bicyclic) bond motifs is 12. The summed E-state index contributed by atoms with van der Waals surface area (Å²) in [6.45, 7) is 0. The molecule has 22 aromatic carbocycles. The van der Waals surface area contributed by atoms with Gasteiger partial charge in [0.25, 0.3) is 0 Å². The number of hydrogen-bond acceptors (Lipinski definition) is 11. The first kappa shape index (κ1) is 95.4. The summed E-state index contributed by atoms with van der Waals surface area (Å²) in [5, 5.41) is 29.6. The zero-order valence-electron chi connectivity index (χ0n) is 81.1. The number of phenolic OH excluding ortho intramolecular Hbond substituents is 2. The van der Waals surface area contributed by atoms with E-state index in [9.17, 15) is 24.6 Å². The number of furan rings is 4. The summed E-state index contributed by atoms with van der Waals surface area (Å²) >= 11 is 6.14. The van der Waals surface area contributed by atoms with Crippen LogP contribution < -0.4 is 9.47 Å². The third-order valence-corrected chi connectivity index (χ3v) is 27.2. The van der Waals surface area contributed by atoms with Crippen LogP contribution in [-0.4, -0.2) is 27.6 Å². The van der Waals surface area contributed by atoms with Gasteiger partial charge >= 0.3 is 0 Å². The lowest BCUT2D eigenvalue weighted by Crippen LogP contribution is -2.20. The van der Waals surface area contributed by atoms with E-state index in [1.807, 2.05) is 231 Å². The van der Waals surface area contributed by atoms with Crippen molar-refractivity contribution in [1.29, 1.82) is 0 Å². The molecule has 3 unspecified atom stereocenters. The second kappa shape index (κ2) is 44.0. The minimum atomic E-state index is -0.847. The smallest absolute Gasteiger partial charge is 0.207 e. The number of rotatable bonds is 21. The number of phenols is 2. The fraction of sp³-hybridized carbons (Fsp3) is 0.0217. The number of Topliss-reactive ketones (excluding diaryl/α,β-unsaturated/α-hetero) is 3. The number of carbonyl (C=O) groups excluding carboxylic acids is 3. The van der Waals surface area contributed by atoms with Crippen molar-refractivity contribution in [3.8, 4) is 113 Å². The van der Waals surface area contributed by atoms with Gasteiger partial charge in [0.1, 0.15) is 73.7 Å². The zero-order valence-corrected chi connectivity index (χ0v) is 81.9. The summed E-state index contributed by atoms with van der Waals surface area (Å²) in [6.07, 6.45) is -1.69. The molecular weight excluding hydrogens is 1870 g/mol. The first-order valence-corrected chi connectivity index (χ1v) is 50.1. The van der Waals surface area contributed by atoms with Gasteiger partial charge in [-0.05, 0) is 101 Å². The van der Waals surface area contributed by atoms with Crippen LogP contribution >= 0.6 is 11.6 Å². The number of aromatic hydroxyl groups is 2. The molecule has 12 heteroatoms. The molecule has 4 heterocycles. The van der Waals surface area contributed by atoms with E-state index < -0.39 is 17.6 Å². The van der Waals surface area contributed by atoms with E-state index in [-0.39, 0.29) is 28.8 Å². The quantitative estimate of drug-likeness (QED) is 0.0520. The highest BCUT2D eigenvalue weighted by atomic mass is 35.5. The Morgan fingerprint density at radius 2 is 0.387 bits per heavy atom. The molecule has 26 rings (SSSR count). The van der Waals surface area contributed by atoms with Crippen molar-refractivity contribution >= 4 is 116 Å². The summed E-state index contributed by atoms with van der Waals surface area (Å²) in [5.74, 6) is 4.66. The molecule has 4 aromatic heterocycles. The fourth-order valence-corrected chi connectivity index (χ4v) is 19.9. The molecule has 0 amide bonds. The first-order valence-electron chi connectivity index (χ1n) is 49.6. The zero-order chi connectivity index (χ0) is 102. The van der Waals surface area contributed by atoms with Gasteiger partial charge in [-0.3, -0.25) is 14.4 Å². The molecule has 3 atom stereocenters. The third-order valence-electron chi connectivity index (χ3n) is 26.8. The van der Waals surface area contributed by atoms with Gasteiger partial charge in [-0.2, -0.15) is 0 Å². The molecule has 0 aliphatic rings. The van der Waals surface area contributed by atoms with Gasteiger partial charge in [0.2, 0.25) is 11.6 Å². The molecule has 2 N–H and O–H groups in total. The average Bonchev–Trinajstić information content (AvgIpc) is 1.57. The molecule has 0 aliphatic heterocycles. The van der Waals surface area contributed by atoms with Gasteiger partial charge in [0.05, 0.1) is 0 Å². The van der Waals surface area contributed by atoms with E-state index in [0.29, 0.717) is 39.0 Å². The Labute approximate surface area is 871 Å². The first-order chi connectivity index (χ1) is 74.0. The lowest BCUT2D eigenvalue weighted by Gasteiger charge is -2.22. The predicted octanol–water partition coefficient (Wildman–Crippen LogP) is 36.9. The molecular formula is C138H95ClO11. The molecule has 0 saturated carbocycles. The number of halogens is 1. The normalized spacial score (nSPS) is 11.7. The number of carbonyl (C=O) groups is 3. The van der Waals surface area contributed by atoms with Crippen LogP contribution in [0.25, 0.3) is 177 Å². The van der Waals surface area contributed by atoms with Crippen LogP contribution in [0.4, 0.5) is 0 Å². The van der Waals surface area contributed by atoms with Crippen molar-refractivity contribution in [3.05, 3.63) is 579 Å². The summed E-state index contributed by atoms with van der Waals surface area (Å²) in [6, 6.07) is 178. The minimum absolute atomic E-state index is 0.0616. The minimum Gasteiger partial charge on any atom is -0.507 e. The molecule has 720 valence electrons. The van der Waals surface area contributed by atoms with E-state index in [0.717, 1.165) is 183 Å². The van der Waals surface area contributed by atoms with E-state index in [4.69, 9.17) is 38.7 Å². The summed E-state index contributed by atoms with van der Waals surface area (Å²) in [7, 11) is 0. The Bertz CT molecular complexity index is 8420. The SMILES string of the molecule is O=C(c1ccccc1)C(Cl)c1ccccc1.O=C(c1ccccc1)C(Oc1cccc2c(OC(C(=O)c3ccccc3)c3ccccc3)cccc12)c1ccccc1.Oc1cccc2c(O)cccc12.c1ccc(-c2oc3c(ccc4c3ccc3c(-c5ccccc5)c(-c5ccccc5)oc34)c2-c2ccccc2)cc1.c1ccc(-c2oc3c(ccc4c3ccc3c(-c5ccccc5)c(-c5ccccc5)oc34)c2-c2ccccc2)cc1. The maximum atomic E-state index is 13.7. The molecule has 0 radical (unpaired) electrons. The van der Waals surface area contributed by atoms with Crippen LogP contribution in [0.2, 0.25) is 0 Å². The number of ketones is 3. The van der Waals surface area contributed by atoms with Crippen LogP contribution in [0.1, 0.15) is 65.3 Å². The number of alkyl halides is 1. The van der Waals surface area contributed by atoms with Crippen molar-refractivity contribution in [2.45, 2.75) is 17.6 Å². The second-order valence-electron chi connectivity index (χ2n) is 36.2. The summed E-state index contributed by atoms with van der Waals surface area (Å²) in [5.41, 5.74) is 20.8. The van der Waals surface area contributed by atoms with E-state index >= 15 is 0 Å². The van der Waals surface area contributed by atoms with Crippen LogP contribution in [0.15, 0.2) is 564 Å². The number of benzene rings is 22. The topological polar surface area (TPSA) is 163 Å². The van der Waals surface area contributed by atoms with Crippen molar-refractivity contribution in [1.82, 2.24) is 0 Å². The van der Waals surface area contributed by atoms with Crippen LogP contribution in [0.3, 0.4) is 0 Å². The molecule has 0 spiro atoms. The number of hydrogen-bond donors (Lipinski definition) is 2. The third kappa shape index (κ3) is 19.9. The van der Waals surface area contributed by atoms with E-state index in [2.05, 4.69) is 243 Å². The predicted molar refractivity (Wildman–Crippen MR) is 609 cm³/mol. The molecule has 26 aromatic rings. The summed E-state index contributed by atoms with van der Waals surface area (Å²) < 4.78 is 40.1. The van der Waals surface area contributed by atoms with Crippen molar-refractivity contribution < 1.29 is 51.7 Å². The van der Waals surface area contributed by atoms with Gasteiger partial charge in [-0.25, -0.2) is 0 Å². The Morgan fingerprint density at radius 3 is 0.640 bits per heavy atom. The standard InChI is InChI=1S/C38H28O4.2C38H24O2.C14H11ClO.C10H8O2/c39-35(27-15-5-1-6-16-27)37(29-19-9-3-10-20-29)41-33-25-13-24-32-31(33)23-14-26-34(32)42-38(30-21-11-4-12-22-30)36(40)28-17-7-2-8-18-28;2*1-5-13-25(14-6-1)33-31-23-21-30-29(37(31)39-35(33)27-17-9-3-10-18-27)22-24-32-34(26-15-7-2-8-16-26)36(40-38(30)32)28-19-11-4-12-20-28;15-13(11-7-3-1-4-8-11)14(16)12-9-5-2-6-10-12;11-9-5-1-3-7-8(9)4-2-6-10(7)12/h1-26,37-38H;2*1-24H;1-10,13H;1-6,11-12H. The Morgan fingerprint density at radius 1 is 0.187 bits per heavy atom. The Balaban J connectivity index is 0.000000112. The van der Waals surface area contributed by atoms with Crippen molar-refractivity contribution in [3.63, 3.8) is 0 Å². The largest absolute Gasteiger partial charge is 0.507 e. The summed E-state index contributed by atoms with van der Waals surface area (Å²) in [4.78, 5) is 39.4. The molecule has 0 bridgehead atoms. The maximum absolute atomic E-state index is 13.7. The van der Waals surface area contributed by atoms with E-state index in [1.54, 1.807) is 72.8 Å². The van der Waals surface area contributed by atoms with Gasteiger partial charge in [0, 0.05) is 137 Å². The highest BCUT2D eigenvalue weighted by molar-refractivity contribution is 6.34. The van der Waals surface area contributed by atoms with E-state index in [1.165, 1.54) is 0 Å². The Kier molecular flexibility index (Phi) is 28.0. The highest BCUT2D eigenvalue weighted by Gasteiger charge is 2.31. The van der Waals surface area contributed by atoms with Crippen molar-refractivity contribution in [2.24, 2.45) is 0 Å². The molecule has 150 heavy (non-hydrogen) atoms. The fourth-order valence-electron chi connectivity index (χ4n) is 19.6. The lowest BCUT2D eigenvalue weighted by molar-refractivity contribution is 0.0787. The maximum Gasteiger partial charge on any atom is 0.207 e. The average molecular weight is 1960 g/mol. The number of ether oxygens (including phenoxy) is 2. The molecule has 11 nitrogen and oxygen atoms in total. The lowest BCUT2D eigenvalue weighted by atomic mass is 9.95. The highest BCUT2D eigenvalue weighted by Crippen LogP contribution is 2.52. The molecule has 0 fully saturated rings. The van der Waals surface area contributed by atoms with Crippen LogP contribution in [0, 0.1) is 0 Å². The monoisotopic (exact) mass is 1960 g/mol. The molecule has 0 aliphatic carbocycles. The van der Waals surface area contributed by atoms with Gasteiger partial charge in [0.15, 0.2) is 18.0 Å². The van der Waals surface area contributed by atoms with Crippen LogP contribution in [0.5, 0.6) is 23.0 Å².